The van der Waals surface area contributed by atoms with Gasteiger partial charge in [0.05, 0.1) is 11.6 Å². The Morgan fingerprint density at radius 1 is 1.25 bits per heavy atom. The summed E-state index contributed by atoms with van der Waals surface area (Å²) in [4.78, 5) is 2.11. The molecule has 0 atom stereocenters. The van der Waals surface area contributed by atoms with Crippen molar-refractivity contribution in [3.63, 3.8) is 0 Å². The Morgan fingerprint density at radius 3 is 2.70 bits per heavy atom. The van der Waals surface area contributed by atoms with Crippen molar-refractivity contribution in [3.8, 4) is 6.07 Å². The van der Waals surface area contributed by atoms with Crippen molar-refractivity contribution in [1.29, 1.82) is 5.26 Å². The van der Waals surface area contributed by atoms with Gasteiger partial charge in [-0.1, -0.05) is 45.7 Å². The average Bonchev–Trinajstić information content (AvgIpc) is 2.47. The molecule has 0 fully saturated rings. The predicted octanol–water partition coefficient (Wildman–Crippen LogP) is 4.74. The molecule has 2 aromatic carbocycles. The largest absolute Gasteiger partial charge is 0.370 e. The van der Waals surface area contributed by atoms with Crippen LogP contribution in [0.25, 0.3) is 0 Å². The van der Waals surface area contributed by atoms with E-state index in [1.165, 1.54) is 0 Å². The van der Waals surface area contributed by atoms with Crippen LogP contribution < -0.4 is 4.90 Å². The maximum Gasteiger partial charge on any atom is 0.0991 e. The highest BCUT2D eigenvalue weighted by Crippen LogP contribution is 2.25. The maximum atomic E-state index is 8.92. The standard InChI is InChI=1S/C16H14BrClN2/c1-20(11-13-4-2-3-12(7-13)10-19)15-6-5-14(9-17)16(18)8-15/h2-8H,9,11H2,1H3. The second-order valence-corrected chi connectivity index (χ2v) is 5.55. The molecular formula is C16H14BrClN2. The van der Waals surface area contributed by atoms with Crippen LogP contribution in [0, 0.1) is 11.3 Å². The van der Waals surface area contributed by atoms with Gasteiger partial charge in [-0.15, -0.1) is 0 Å². The van der Waals surface area contributed by atoms with E-state index in [-0.39, 0.29) is 0 Å². The molecule has 0 unspecified atom stereocenters. The van der Waals surface area contributed by atoms with Crippen LogP contribution in [-0.4, -0.2) is 7.05 Å². The maximum absolute atomic E-state index is 8.92. The summed E-state index contributed by atoms with van der Waals surface area (Å²) in [7, 11) is 2.01. The first-order valence-corrected chi connectivity index (χ1v) is 7.68. The fraction of sp³-hybridized carbons (Fsp3) is 0.188. The second kappa shape index (κ2) is 6.78. The van der Waals surface area contributed by atoms with Crippen LogP contribution in [-0.2, 0) is 11.9 Å². The molecule has 2 nitrogen and oxygen atoms in total. The van der Waals surface area contributed by atoms with Gasteiger partial charge in [-0.3, -0.25) is 0 Å². The van der Waals surface area contributed by atoms with E-state index in [0.29, 0.717) is 5.56 Å². The van der Waals surface area contributed by atoms with Crippen molar-refractivity contribution in [2.75, 3.05) is 11.9 Å². The first-order chi connectivity index (χ1) is 9.63. The van der Waals surface area contributed by atoms with Crippen LogP contribution >= 0.6 is 27.5 Å². The van der Waals surface area contributed by atoms with E-state index in [9.17, 15) is 0 Å². The van der Waals surface area contributed by atoms with Gasteiger partial charge in [0.25, 0.3) is 0 Å². The van der Waals surface area contributed by atoms with Crippen LogP contribution in [0.3, 0.4) is 0 Å². The zero-order valence-corrected chi connectivity index (χ0v) is 13.4. The van der Waals surface area contributed by atoms with Crippen LogP contribution in [0.4, 0.5) is 5.69 Å². The van der Waals surface area contributed by atoms with Crippen molar-refractivity contribution in [2.45, 2.75) is 11.9 Å². The third-order valence-electron chi connectivity index (χ3n) is 3.10. The topological polar surface area (TPSA) is 27.0 Å². The van der Waals surface area contributed by atoms with Crippen LogP contribution in [0.5, 0.6) is 0 Å². The highest BCUT2D eigenvalue weighted by Gasteiger charge is 2.06. The molecule has 0 amide bonds. The minimum Gasteiger partial charge on any atom is -0.370 e. The van der Waals surface area contributed by atoms with Crippen LogP contribution in [0.15, 0.2) is 42.5 Å². The molecule has 0 aliphatic heterocycles. The molecule has 0 spiro atoms. The molecule has 20 heavy (non-hydrogen) atoms. The molecule has 0 radical (unpaired) electrons. The number of hydrogen-bond acceptors (Lipinski definition) is 2. The number of benzene rings is 2. The summed E-state index contributed by atoms with van der Waals surface area (Å²) in [6.07, 6.45) is 0. The smallest absolute Gasteiger partial charge is 0.0991 e. The fourth-order valence-electron chi connectivity index (χ4n) is 1.99. The summed E-state index contributed by atoms with van der Waals surface area (Å²) in [6, 6.07) is 15.8. The van der Waals surface area contributed by atoms with Crippen molar-refractivity contribution < 1.29 is 0 Å². The molecule has 0 heterocycles. The Kier molecular flexibility index (Phi) is 5.05. The molecule has 4 heteroatoms. The van der Waals surface area contributed by atoms with Gasteiger partial charge in [-0.05, 0) is 35.4 Å². The summed E-state index contributed by atoms with van der Waals surface area (Å²) < 4.78 is 0. The molecule has 0 aliphatic rings. The molecule has 0 aliphatic carbocycles. The Balaban J connectivity index is 2.17. The van der Waals surface area contributed by atoms with E-state index >= 15 is 0 Å². The van der Waals surface area contributed by atoms with E-state index in [1.807, 2.05) is 43.4 Å². The van der Waals surface area contributed by atoms with Crippen molar-refractivity contribution in [1.82, 2.24) is 0 Å². The first kappa shape index (κ1) is 14.9. The summed E-state index contributed by atoms with van der Waals surface area (Å²) >= 11 is 9.64. The minimum atomic E-state index is 0.684. The van der Waals surface area contributed by atoms with Crippen molar-refractivity contribution in [2.24, 2.45) is 0 Å². The Hall–Kier alpha value is -1.50. The zero-order valence-electron chi connectivity index (χ0n) is 11.1. The number of nitrogens with zero attached hydrogens (tertiary/aromatic N) is 2. The SMILES string of the molecule is CN(Cc1cccc(C#N)c1)c1ccc(CBr)c(Cl)c1. The third kappa shape index (κ3) is 3.53. The first-order valence-electron chi connectivity index (χ1n) is 6.18. The van der Waals surface area contributed by atoms with Gasteiger partial charge >= 0.3 is 0 Å². The highest BCUT2D eigenvalue weighted by atomic mass is 79.9. The summed E-state index contributed by atoms with van der Waals surface area (Å²) in [5.41, 5.74) is 3.92. The minimum absolute atomic E-state index is 0.684. The lowest BCUT2D eigenvalue weighted by Crippen LogP contribution is -2.16. The molecule has 0 saturated heterocycles. The number of nitriles is 1. The molecular weight excluding hydrogens is 336 g/mol. The normalized spacial score (nSPS) is 10.1. The number of rotatable bonds is 4. The number of alkyl halides is 1. The zero-order chi connectivity index (χ0) is 14.5. The quantitative estimate of drug-likeness (QED) is 0.745. The Labute approximate surface area is 132 Å². The van der Waals surface area contributed by atoms with Gasteiger partial charge in [-0.2, -0.15) is 5.26 Å². The Morgan fingerprint density at radius 2 is 2.05 bits per heavy atom. The van der Waals surface area contributed by atoms with Gasteiger partial charge in [0, 0.05) is 29.6 Å². The fourth-order valence-corrected chi connectivity index (χ4v) is 2.88. The predicted molar refractivity (Wildman–Crippen MR) is 87.3 cm³/mol. The lowest BCUT2D eigenvalue weighted by Gasteiger charge is -2.20. The second-order valence-electron chi connectivity index (χ2n) is 4.58. The van der Waals surface area contributed by atoms with E-state index in [1.54, 1.807) is 0 Å². The van der Waals surface area contributed by atoms with Gasteiger partial charge in [0.1, 0.15) is 0 Å². The summed E-state index contributed by atoms with van der Waals surface area (Å²) in [5.74, 6) is 0. The number of anilines is 1. The summed E-state index contributed by atoms with van der Waals surface area (Å²) in [5, 5.41) is 10.4. The van der Waals surface area contributed by atoms with Crippen LogP contribution in [0.2, 0.25) is 5.02 Å². The lowest BCUT2D eigenvalue weighted by atomic mass is 10.1. The van der Waals surface area contributed by atoms with E-state index in [0.717, 1.165) is 33.7 Å². The van der Waals surface area contributed by atoms with Crippen molar-refractivity contribution >= 4 is 33.2 Å². The van der Waals surface area contributed by atoms with E-state index < -0.39 is 0 Å². The molecule has 102 valence electrons. The molecule has 2 rings (SSSR count). The lowest BCUT2D eigenvalue weighted by molar-refractivity contribution is 0.922. The monoisotopic (exact) mass is 348 g/mol. The van der Waals surface area contributed by atoms with Gasteiger partial charge in [-0.25, -0.2) is 0 Å². The molecule has 0 saturated carbocycles. The third-order valence-corrected chi connectivity index (χ3v) is 4.05. The summed E-state index contributed by atoms with van der Waals surface area (Å²) in [6.45, 7) is 0.736. The molecule has 0 bridgehead atoms. The van der Waals surface area contributed by atoms with Crippen molar-refractivity contribution in [3.05, 3.63) is 64.2 Å². The van der Waals surface area contributed by atoms with E-state index in [2.05, 4.69) is 33.0 Å². The van der Waals surface area contributed by atoms with Gasteiger partial charge in [0.15, 0.2) is 0 Å². The average molecular weight is 350 g/mol. The van der Waals surface area contributed by atoms with Gasteiger partial charge in [0.2, 0.25) is 0 Å². The molecule has 0 aromatic heterocycles. The number of hydrogen-bond donors (Lipinski definition) is 0. The van der Waals surface area contributed by atoms with Crippen LogP contribution in [0.1, 0.15) is 16.7 Å². The Bertz CT molecular complexity index is 649. The molecule has 2 aromatic rings. The molecule has 0 N–H and O–H groups in total. The highest BCUT2D eigenvalue weighted by molar-refractivity contribution is 9.08. The number of halogens is 2. The van der Waals surface area contributed by atoms with E-state index in [4.69, 9.17) is 16.9 Å². The van der Waals surface area contributed by atoms with Gasteiger partial charge < -0.3 is 4.90 Å².